The topological polar surface area (TPSA) is 237 Å². The van der Waals surface area contributed by atoms with Crippen LogP contribution >= 0.6 is 15.6 Å². The zero-order valence-electron chi connectivity index (χ0n) is 78.6. The molecular weight excluding hydrogens is 1540 g/mol. The Morgan fingerprint density at radius 1 is 0.202 bits per heavy atom. The van der Waals surface area contributed by atoms with Gasteiger partial charge in [-0.2, -0.15) is 0 Å². The lowest BCUT2D eigenvalue weighted by atomic mass is 10.0. The maximum absolute atomic E-state index is 13.2. The van der Waals surface area contributed by atoms with Crippen molar-refractivity contribution < 1.29 is 80.2 Å². The highest BCUT2D eigenvalue weighted by Gasteiger charge is 2.31. The maximum Gasteiger partial charge on any atom is 0.472 e. The van der Waals surface area contributed by atoms with Crippen molar-refractivity contribution in [3.63, 3.8) is 0 Å². The minimum absolute atomic E-state index is 0.110. The molecule has 0 heterocycles. The summed E-state index contributed by atoms with van der Waals surface area (Å²) in [5, 5.41) is 10.7. The molecule has 0 aromatic rings. The average Bonchev–Trinajstić information content (AvgIpc) is 0.896. The molecule has 19 heteroatoms. The van der Waals surface area contributed by atoms with Crippen LogP contribution in [0.25, 0.3) is 0 Å². The predicted octanol–water partition coefficient (Wildman–Crippen LogP) is 32.0. The molecule has 0 fully saturated rings. The fraction of sp³-hybridized carbons (Fsp3) is 0.960. The minimum atomic E-state index is -4.97. The number of ether oxygens (including phenoxy) is 4. The Morgan fingerprint density at radius 3 is 0.496 bits per heavy atom. The number of aliphatic hydroxyl groups excluding tert-OH is 1. The van der Waals surface area contributed by atoms with Gasteiger partial charge < -0.3 is 33.8 Å². The molecule has 0 aliphatic rings. The minimum Gasteiger partial charge on any atom is -0.462 e. The number of unbranched alkanes of at least 4 members (excludes halogenated alkanes) is 75. The van der Waals surface area contributed by atoms with E-state index >= 15 is 0 Å². The zero-order chi connectivity index (χ0) is 86.6. The number of esters is 4. The number of phosphoric acid groups is 2. The second-order valence-corrected chi connectivity index (χ2v) is 38.8. The van der Waals surface area contributed by atoms with Crippen molar-refractivity contribution in [3.05, 3.63) is 0 Å². The van der Waals surface area contributed by atoms with Gasteiger partial charge in [-0.1, -0.05) is 509 Å². The number of hydrogen-bond acceptors (Lipinski definition) is 15. The van der Waals surface area contributed by atoms with Gasteiger partial charge in [-0.05, 0) is 25.7 Å². The highest BCUT2D eigenvalue weighted by molar-refractivity contribution is 7.47. The number of hydrogen-bond donors (Lipinski definition) is 3. The molecule has 17 nitrogen and oxygen atoms in total. The summed E-state index contributed by atoms with van der Waals surface area (Å²) < 4.78 is 69.4. The van der Waals surface area contributed by atoms with E-state index in [9.17, 15) is 43.2 Å². The van der Waals surface area contributed by atoms with Crippen molar-refractivity contribution >= 4 is 39.5 Å². The molecule has 119 heavy (non-hydrogen) atoms. The summed E-state index contributed by atoms with van der Waals surface area (Å²) in [4.78, 5) is 73.7. The van der Waals surface area contributed by atoms with Gasteiger partial charge in [-0.15, -0.1) is 0 Å². The molecule has 0 radical (unpaired) electrons. The Kier molecular flexibility index (Phi) is 92.2. The maximum atomic E-state index is 13.2. The van der Waals surface area contributed by atoms with Crippen LogP contribution in [0.4, 0.5) is 0 Å². The van der Waals surface area contributed by atoms with E-state index in [0.717, 1.165) is 89.9 Å². The molecule has 0 saturated heterocycles. The first-order valence-corrected chi connectivity index (χ1v) is 54.8. The van der Waals surface area contributed by atoms with Gasteiger partial charge in [-0.25, -0.2) is 9.13 Å². The first-order valence-electron chi connectivity index (χ1n) is 51.8. The Morgan fingerprint density at radius 2 is 0.336 bits per heavy atom. The van der Waals surface area contributed by atoms with E-state index in [0.29, 0.717) is 25.7 Å². The molecule has 2 unspecified atom stereocenters. The summed E-state index contributed by atoms with van der Waals surface area (Å²) in [6, 6.07) is 0. The zero-order valence-corrected chi connectivity index (χ0v) is 80.4. The standard InChI is InChI=1S/C100H196O17P2/c1-5-9-13-17-21-25-29-33-36-39-42-45-48-51-54-57-61-65-69-73-77-81-85-98(103)111-91-96(117-100(105)87-83-79-75-71-67-63-59-56-53-50-47-44-41-38-35-31-27-23-19-15-11-7-3)93-115-119(108,109)113-89-94(101)88-112-118(106,107)114-92-95(90-110-97(102)84-80-76-72-68-64-60-32-28-24-20-16-12-8-4)116-99(104)86-82-78-74-70-66-62-58-55-52-49-46-43-40-37-34-30-26-22-18-14-10-6-2/h94-96,101H,5-93H2,1-4H3,(H,106,107)(H,108,109)/t94-,95+,96+/m0/s1. The van der Waals surface area contributed by atoms with E-state index in [-0.39, 0.29) is 25.7 Å². The smallest absolute Gasteiger partial charge is 0.462 e. The van der Waals surface area contributed by atoms with E-state index in [1.54, 1.807) is 0 Å². The molecule has 0 aliphatic heterocycles. The molecule has 0 rings (SSSR count). The third-order valence-corrected chi connectivity index (χ3v) is 25.8. The van der Waals surface area contributed by atoms with Gasteiger partial charge in [0.15, 0.2) is 12.2 Å². The lowest BCUT2D eigenvalue weighted by Crippen LogP contribution is -2.30. The number of aliphatic hydroxyl groups is 1. The largest absolute Gasteiger partial charge is 0.472 e. The molecule has 0 amide bonds. The van der Waals surface area contributed by atoms with Crippen molar-refractivity contribution in [1.29, 1.82) is 0 Å². The second kappa shape index (κ2) is 93.7. The van der Waals surface area contributed by atoms with Crippen LogP contribution in [0.3, 0.4) is 0 Å². The fourth-order valence-corrected chi connectivity index (χ4v) is 17.6. The van der Waals surface area contributed by atoms with Crippen LogP contribution in [0.1, 0.15) is 561 Å². The molecule has 0 spiro atoms. The summed E-state index contributed by atoms with van der Waals surface area (Å²) in [7, 11) is -9.95. The Balaban J connectivity index is 5.23. The molecule has 708 valence electrons. The summed E-state index contributed by atoms with van der Waals surface area (Å²) >= 11 is 0. The number of carbonyl (C=O) groups is 4. The van der Waals surface area contributed by atoms with Crippen LogP contribution in [0.15, 0.2) is 0 Å². The van der Waals surface area contributed by atoms with Gasteiger partial charge in [0.05, 0.1) is 26.4 Å². The van der Waals surface area contributed by atoms with Crippen molar-refractivity contribution in [1.82, 2.24) is 0 Å². The van der Waals surface area contributed by atoms with Gasteiger partial charge in [0, 0.05) is 25.7 Å². The highest BCUT2D eigenvalue weighted by Crippen LogP contribution is 2.45. The lowest BCUT2D eigenvalue weighted by Gasteiger charge is -2.21. The molecule has 0 aliphatic carbocycles. The van der Waals surface area contributed by atoms with Gasteiger partial charge >= 0.3 is 39.5 Å². The summed E-state index contributed by atoms with van der Waals surface area (Å²) in [6.45, 7) is 5.13. The van der Waals surface area contributed by atoms with E-state index in [1.165, 1.54) is 392 Å². The highest BCUT2D eigenvalue weighted by atomic mass is 31.2. The van der Waals surface area contributed by atoms with E-state index in [4.69, 9.17) is 37.0 Å². The van der Waals surface area contributed by atoms with Crippen molar-refractivity contribution in [2.75, 3.05) is 39.6 Å². The molecule has 0 aromatic carbocycles. The molecule has 3 N–H and O–H groups in total. The van der Waals surface area contributed by atoms with Crippen molar-refractivity contribution in [3.8, 4) is 0 Å². The van der Waals surface area contributed by atoms with Crippen LogP contribution in [-0.4, -0.2) is 96.7 Å². The van der Waals surface area contributed by atoms with Gasteiger partial charge in [0.1, 0.15) is 19.3 Å². The quantitative estimate of drug-likeness (QED) is 0.0222. The van der Waals surface area contributed by atoms with Gasteiger partial charge in [0.2, 0.25) is 0 Å². The summed E-state index contributed by atoms with van der Waals surface area (Å²) in [5.74, 6) is -2.08. The van der Waals surface area contributed by atoms with Crippen LogP contribution in [0.5, 0.6) is 0 Å². The summed E-state index contributed by atoms with van der Waals surface area (Å²) in [6.07, 6.45) is 94.9. The molecular formula is C100H196O17P2. The molecule has 5 atom stereocenters. The van der Waals surface area contributed by atoms with Gasteiger partial charge in [0.25, 0.3) is 0 Å². The average molecular weight is 1730 g/mol. The SMILES string of the molecule is CCCCCCCCCCCCCCCCCCCCCCCCC(=O)OC[C@H](COP(=O)(O)OC[C@@H](O)COP(=O)(O)OC[C@@H](COC(=O)CCCCCCCCCCCCCCC)OC(=O)CCCCCCCCCCCCCCCCCCCCCCCC)OC(=O)CCCCCCCCCCCCCCCCCCCCCCCC. The van der Waals surface area contributed by atoms with Crippen LogP contribution in [0, 0.1) is 0 Å². The van der Waals surface area contributed by atoms with Crippen LogP contribution < -0.4 is 0 Å². The van der Waals surface area contributed by atoms with Gasteiger partial charge in [-0.3, -0.25) is 37.3 Å². The number of carbonyl (C=O) groups excluding carboxylic acids is 4. The molecule has 0 bridgehead atoms. The normalized spacial score (nSPS) is 13.5. The monoisotopic (exact) mass is 1730 g/mol. The Labute approximate surface area is 734 Å². The number of phosphoric ester groups is 2. The lowest BCUT2D eigenvalue weighted by molar-refractivity contribution is -0.161. The third-order valence-electron chi connectivity index (χ3n) is 23.9. The van der Waals surface area contributed by atoms with Crippen molar-refractivity contribution in [2.45, 2.75) is 579 Å². The first-order chi connectivity index (χ1) is 58.2. The van der Waals surface area contributed by atoms with Crippen molar-refractivity contribution in [2.24, 2.45) is 0 Å². The Bertz CT molecular complexity index is 2230. The second-order valence-electron chi connectivity index (χ2n) is 35.9. The van der Waals surface area contributed by atoms with Crippen LogP contribution in [0.2, 0.25) is 0 Å². The van der Waals surface area contributed by atoms with E-state index in [2.05, 4.69) is 27.7 Å². The third kappa shape index (κ3) is 93.5. The van der Waals surface area contributed by atoms with Crippen LogP contribution in [-0.2, 0) is 65.4 Å². The molecule has 0 aromatic heterocycles. The van der Waals surface area contributed by atoms with E-state index < -0.39 is 97.5 Å². The summed E-state index contributed by atoms with van der Waals surface area (Å²) in [5.41, 5.74) is 0. The first kappa shape index (κ1) is 117. The Hall–Kier alpha value is -1.94. The van der Waals surface area contributed by atoms with E-state index in [1.807, 2.05) is 0 Å². The fourth-order valence-electron chi connectivity index (χ4n) is 16.0. The predicted molar refractivity (Wildman–Crippen MR) is 497 cm³/mol. The number of rotatable bonds is 101. The molecule has 0 saturated carbocycles.